The van der Waals surface area contributed by atoms with Crippen LogP contribution in [0.4, 0.5) is 35.1 Å². The highest BCUT2D eigenvalue weighted by Gasteiger charge is 2.88. The summed E-state index contributed by atoms with van der Waals surface area (Å²) in [5.41, 5.74) is 0. The van der Waals surface area contributed by atoms with E-state index in [-0.39, 0.29) is 0 Å². The van der Waals surface area contributed by atoms with E-state index in [9.17, 15) is 37.3 Å². The van der Waals surface area contributed by atoms with Crippen molar-refractivity contribution in [3.8, 4) is 23.0 Å². The van der Waals surface area contributed by atoms with Crippen molar-refractivity contribution in [2.45, 2.75) is 51.7 Å². The number of halogens is 8. The Morgan fingerprint density at radius 1 is 0.323 bits per heavy atom. The zero-order valence-electron chi connectivity index (χ0n) is 30.9. The molecule has 0 saturated heterocycles. The maximum atomic E-state index is 16.2. The van der Waals surface area contributed by atoms with Gasteiger partial charge in [-0.2, -0.15) is 52.0 Å². The first-order valence-corrected chi connectivity index (χ1v) is 23.2. The largest absolute Gasteiger partial charge is 0.508 e. The molecule has 0 unspecified atom stereocenters. The summed E-state index contributed by atoms with van der Waals surface area (Å²) < 4.78 is 194. The van der Waals surface area contributed by atoms with Gasteiger partial charge >= 0.3 is 42.6 Å². The van der Waals surface area contributed by atoms with E-state index in [0.717, 1.165) is 121 Å². The lowest BCUT2D eigenvalue weighted by Gasteiger charge is -2.43. The van der Waals surface area contributed by atoms with Gasteiger partial charge in [-0.05, 0) is 142 Å². The van der Waals surface area contributed by atoms with Gasteiger partial charge in [0.1, 0.15) is 23.0 Å². The number of phenols is 4. The van der Waals surface area contributed by atoms with Crippen LogP contribution < -0.4 is 0 Å². The van der Waals surface area contributed by atoms with Gasteiger partial charge in [0, 0.05) is 29.4 Å². The molecule has 6 aromatic rings. The average molecular weight is 951 g/mol. The highest BCUT2D eigenvalue weighted by atomic mass is 32.3. The van der Waals surface area contributed by atoms with E-state index in [1.807, 2.05) is 0 Å². The molecule has 330 valence electrons. The van der Waals surface area contributed by atoms with Crippen molar-refractivity contribution in [1.82, 2.24) is 0 Å². The molecule has 0 fully saturated rings. The second kappa shape index (κ2) is 16.3. The first-order chi connectivity index (χ1) is 28.9. The number of benzene rings is 6. The normalized spacial score (nSPS) is 14.0. The van der Waals surface area contributed by atoms with Crippen LogP contribution in [0.25, 0.3) is 0 Å². The molecule has 0 aliphatic carbocycles. The van der Waals surface area contributed by atoms with Crippen molar-refractivity contribution in [2.75, 3.05) is 0 Å². The van der Waals surface area contributed by atoms with Crippen molar-refractivity contribution in [1.29, 1.82) is 0 Å². The maximum Gasteiger partial charge on any atom is 0.439 e. The third-order valence-electron chi connectivity index (χ3n) is 8.96. The van der Waals surface area contributed by atoms with Crippen LogP contribution in [-0.4, -0.2) is 59.6 Å². The molecule has 22 heteroatoms. The van der Waals surface area contributed by atoms with Crippen molar-refractivity contribution < 1.29 is 79.6 Å². The molecule has 0 aliphatic rings. The molecular formula is C40H30F8O10S4. The van der Waals surface area contributed by atoms with Crippen LogP contribution in [0.2, 0.25) is 0 Å². The second-order valence-corrected chi connectivity index (χ2v) is 21.9. The SMILES string of the molecule is O=S(=O)(OS(c1ccccc1)(c1ccc(O)cc1)c1ccc(O)cc1)C(F)(F)C(F)(F)C(F)(F)C(F)(F)S(=O)(=O)OS(c1ccccc1)(c1ccc(O)cc1)c1ccc(O)cc1. The summed E-state index contributed by atoms with van der Waals surface area (Å²) in [5.74, 6) is -17.7. The number of hydrogen-bond acceptors (Lipinski definition) is 10. The minimum atomic E-state index is -7.85. The smallest absolute Gasteiger partial charge is 0.439 e. The molecule has 6 rings (SSSR count). The highest BCUT2D eigenvalue weighted by Crippen LogP contribution is 2.73. The van der Waals surface area contributed by atoms with Crippen molar-refractivity contribution in [3.63, 3.8) is 0 Å². The number of aromatic hydroxyl groups is 4. The van der Waals surface area contributed by atoms with Crippen LogP contribution in [-0.2, 0) is 27.5 Å². The molecule has 10 nitrogen and oxygen atoms in total. The third-order valence-corrected chi connectivity index (χ3v) is 19.4. The van der Waals surface area contributed by atoms with Gasteiger partial charge in [0.25, 0.3) is 0 Å². The van der Waals surface area contributed by atoms with Gasteiger partial charge < -0.3 is 20.4 Å². The van der Waals surface area contributed by atoms with E-state index in [4.69, 9.17) is 7.26 Å². The monoisotopic (exact) mass is 950 g/mol. The Morgan fingerprint density at radius 3 is 0.726 bits per heavy atom. The van der Waals surface area contributed by atoms with Crippen LogP contribution in [0.5, 0.6) is 23.0 Å². The number of rotatable bonds is 15. The van der Waals surface area contributed by atoms with Crippen LogP contribution in [0.15, 0.2) is 187 Å². The molecule has 0 aliphatic heterocycles. The lowest BCUT2D eigenvalue weighted by Crippen LogP contribution is -2.66. The number of hydrogen-bond donors (Lipinski definition) is 4. The topological polar surface area (TPSA) is 168 Å². The summed E-state index contributed by atoms with van der Waals surface area (Å²) in [7, 11) is -24.2. The quantitative estimate of drug-likeness (QED) is 0.0727. The van der Waals surface area contributed by atoms with Gasteiger partial charge in [0.2, 0.25) is 0 Å². The van der Waals surface area contributed by atoms with E-state index in [2.05, 4.69) is 0 Å². The van der Waals surface area contributed by atoms with Crippen LogP contribution in [0.3, 0.4) is 0 Å². The van der Waals surface area contributed by atoms with Crippen LogP contribution in [0, 0.1) is 0 Å². The van der Waals surface area contributed by atoms with Crippen LogP contribution >= 0.6 is 20.6 Å². The van der Waals surface area contributed by atoms with Gasteiger partial charge in [-0.1, -0.05) is 36.4 Å². The molecule has 0 aromatic heterocycles. The van der Waals surface area contributed by atoms with Crippen molar-refractivity contribution in [2.24, 2.45) is 0 Å². The number of alkyl halides is 8. The molecule has 0 heterocycles. The second-order valence-electron chi connectivity index (χ2n) is 12.9. The fourth-order valence-electron chi connectivity index (χ4n) is 5.86. The summed E-state index contributed by atoms with van der Waals surface area (Å²) in [6.45, 7) is 0. The van der Waals surface area contributed by atoms with Gasteiger partial charge in [-0.3, -0.25) is 0 Å². The van der Waals surface area contributed by atoms with E-state index in [0.29, 0.717) is 0 Å². The van der Waals surface area contributed by atoms with E-state index in [1.165, 1.54) is 36.4 Å². The van der Waals surface area contributed by atoms with E-state index >= 15 is 35.1 Å². The zero-order chi connectivity index (χ0) is 45.6. The molecule has 0 spiro atoms. The predicted octanol–water partition coefficient (Wildman–Crippen LogP) is 10.8. The molecule has 4 N–H and O–H groups in total. The summed E-state index contributed by atoms with van der Waals surface area (Å²) in [4.78, 5) is -2.65. The molecule has 0 atom stereocenters. The fourth-order valence-corrected chi connectivity index (χ4v) is 16.3. The van der Waals surface area contributed by atoms with Gasteiger partial charge in [0.05, 0.1) is 0 Å². The summed E-state index contributed by atoms with van der Waals surface area (Å²) in [6, 6.07) is 26.3. The third kappa shape index (κ3) is 7.57. The van der Waals surface area contributed by atoms with Gasteiger partial charge in [0.15, 0.2) is 0 Å². The molecule has 0 bridgehead atoms. The number of phenolic OH excluding ortho intramolecular Hbond substituents is 4. The van der Waals surface area contributed by atoms with Gasteiger partial charge in [-0.15, -0.1) is 0 Å². The van der Waals surface area contributed by atoms with Crippen molar-refractivity contribution >= 4 is 40.9 Å². The Kier molecular flexibility index (Phi) is 12.1. The fraction of sp³-hybridized carbons (Fsp3) is 0.100. The van der Waals surface area contributed by atoms with Gasteiger partial charge in [-0.25, -0.2) is 7.26 Å². The minimum Gasteiger partial charge on any atom is -0.508 e. The summed E-state index contributed by atoms with van der Waals surface area (Å²) >= 11 is 0. The maximum absolute atomic E-state index is 16.2. The minimum absolute atomic E-state index is 0.393. The lowest BCUT2D eigenvalue weighted by molar-refractivity contribution is -0.327. The van der Waals surface area contributed by atoms with E-state index in [1.54, 1.807) is 0 Å². The Morgan fingerprint density at radius 2 is 0.516 bits per heavy atom. The van der Waals surface area contributed by atoms with E-state index < -0.39 is 116 Å². The lowest BCUT2D eigenvalue weighted by atomic mass is 10.2. The summed E-state index contributed by atoms with van der Waals surface area (Å²) in [6.07, 6.45) is 0. The Hall–Kier alpha value is -5.52. The zero-order valence-corrected chi connectivity index (χ0v) is 34.2. The Labute approximate surface area is 351 Å². The molecule has 62 heavy (non-hydrogen) atoms. The highest BCUT2D eigenvalue weighted by molar-refractivity contribution is 8.33. The first-order valence-electron chi connectivity index (χ1n) is 17.2. The summed E-state index contributed by atoms with van der Waals surface area (Å²) in [5, 5.41) is 25.0. The first kappa shape index (κ1) is 46.0. The van der Waals surface area contributed by atoms with Crippen LogP contribution in [0.1, 0.15) is 0 Å². The average Bonchev–Trinajstić information content (AvgIpc) is 3.23. The van der Waals surface area contributed by atoms with Crippen molar-refractivity contribution in [3.05, 3.63) is 158 Å². The Balaban J connectivity index is 1.51. The molecule has 0 saturated carbocycles. The Bertz CT molecular complexity index is 2470. The molecule has 0 radical (unpaired) electrons. The molecular weight excluding hydrogens is 921 g/mol. The molecule has 0 amide bonds. The predicted molar refractivity (Wildman–Crippen MR) is 210 cm³/mol. The standard InChI is InChI=1S/C40H30F8O10S4/c41-37(42,39(45,46)61(53,54)57-59(31-7-3-1-4-8-31,33-19-11-27(49)12-20-33)34-21-13-28(50)14-22-34)38(43,44)40(47,48)62(55,56)58-60(32-9-5-2-6-10-32,35-23-15-29(51)16-24-35)36-25-17-30(52)18-26-36/h1-26,49-52H. The molecule has 6 aromatic carbocycles.